The maximum atomic E-state index is 11.8. The molecule has 116 valence electrons. The SMILES string of the molecule is CN(C)C(=O)c1ccc(NCC2CCCCC2CO)nc1. The predicted molar refractivity (Wildman–Crippen MR) is 83.3 cm³/mol. The van der Waals surface area contributed by atoms with Gasteiger partial charge in [0.25, 0.3) is 5.91 Å². The van der Waals surface area contributed by atoms with E-state index in [1.807, 2.05) is 6.07 Å². The summed E-state index contributed by atoms with van der Waals surface area (Å²) >= 11 is 0. The number of aliphatic hydroxyl groups is 1. The molecule has 1 fully saturated rings. The monoisotopic (exact) mass is 291 g/mol. The number of amides is 1. The number of nitrogens with one attached hydrogen (secondary N) is 1. The zero-order valence-corrected chi connectivity index (χ0v) is 12.9. The third-order valence-electron chi connectivity index (χ3n) is 4.26. The second-order valence-corrected chi connectivity index (χ2v) is 6.00. The van der Waals surface area contributed by atoms with Crippen molar-refractivity contribution in [2.24, 2.45) is 11.8 Å². The maximum Gasteiger partial charge on any atom is 0.254 e. The van der Waals surface area contributed by atoms with E-state index in [4.69, 9.17) is 0 Å². The summed E-state index contributed by atoms with van der Waals surface area (Å²) < 4.78 is 0. The first-order chi connectivity index (χ1) is 10.1. The van der Waals surface area contributed by atoms with Gasteiger partial charge in [0.15, 0.2) is 0 Å². The van der Waals surface area contributed by atoms with E-state index in [0.717, 1.165) is 25.2 Å². The van der Waals surface area contributed by atoms with E-state index < -0.39 is 0 Å². The first-order valence-electron chi connectivity index (χ1n) is 7.64. The molecule has 0 saturated heterocycles. The Labute approximate surface area is 126 Å². The summed E-state index contributed by atoms with van der Waals surface area (Å²) in [6.45, 7) is 1.11. The molecular weight excluding hydrogens is 266 g/mol. The standard InChI is InChI=1S/C16H25N3O2/c1-19(2)16(21)13-7-8-15(18-10-13)17-9-12-5-3-4-6-14(12)11-20/h7-8,10,12,14,20H,3-6,9,11H2,1-2H3,(H,17,18). The van der Waals surface area contributed by atoms with Crippen LogP contribution < -0.4 is 5.32 Å². The topological polar surface area (TPSA) is 65.5 Å². The lowest BCUT2D eigenvalue weighted by molar-refractivity contribution is 0.0827. The molecular formula is C16H25N3O2. The number of nitrogens with zero attached hydrogens (tertiary/aromatic N) is 2. The number of hydrogen-bond acceptors (Lipinski definition) is 4. The average molecular weight is 291 g/mol. The molecule has 1 aliphatic rings. The fraction of sp³-hybridized carbons (Fsp3) is 0.625. The van der Waals surface area contributed by atoms with Crippen molar-refractivity contribution in [1.29, 1.82) is 0 Å². The number of hydrogen-bond donors (Lipinski definition) is 2. The third-order valence-corrected chi connectivity index (χ3v) is 4.26. The Balaban J connectivity index is 1.90. The zero-order valence-electron chi connectivity index (χ0n) is 12.9. The van der Waals surface area contributed by atoms with Crippen molar-refractivity contribution in [2.45, 2.75) is 25.7 Å². The molecule has 1 amide bonds. The molecule has 0 aromatic carbocycles. The van der Waals surface area contributed by atoms with Crippen molar-refractivity contribution >= 4 is 11.7 Å². The Morgan fingerprint density at radius 3 is 2.62 bits per heavy atom. The van der Waals surface area contributed by atoms with Crippen LogP contribution in [0, 0.1) is 11.8 Å². The number of aliphatic hydroxyl groups excluding tert-OH is 1. The highest BCUT2D eigenvalue weighted by Crippen LogP contribution is 2.29. The van der Waals surface area contributed by atoms with Crippen LogP contribution in [0.1, 0.15) is 36.0 Å². The predicted octanol–water partition coefficient (Wildman–Crippen LogP) is 1.99. The van der Waals surface area contributed by atoms with Crippen LogP contribution in [0.2, 0.25) is 0 Å². The van der Waals surface area contributed by atoms with Gasteiger partial charge in [-0.1, -0.05) is 12.8 Å². The fourth-order valence-corrected chi connectivity index (χ4v) is 2.91. The molecule has 1 heterocycles. The number of rotatable bonds is 5. The quantitative estimate of drug-likeness (QED) is 0.871. The molecule has 1 aromatic heterocycles. The molecule has 2 N–H and O–H groups in total. The first-order valence-corrected chi connectivity index (χ1v) is 7.64. The Morgan fingerprint density at radius 2 is 2.05 bits per heavy atom. The molecule has 5 nitrogen and oxygen atoms in total. The van der Waals surface area contributed by atoms with E-state index in [1.54, 1.807) is 26.4 Å². The lowest BCUT2D eigenvalue weighted by Gasteiger charge is -2.30. The number of pyridine rings is 1. The third kappa shape index (κ3) is 4.17. The van der Waals surface area contributed by atoms with Crippen molar-refractivity contribution in [3.63, 3.8) is 0 Å². The van der Waals surface area contributed by atoms with Gasteiger partial charge in [0, 0.05) is 33.4 Å². The van der Waals surface area contributed by atoms with Gasteiger partial charge in [-0.25, -0.2) is 4.98 Å². The van der Waals surface area contributed by atoms with Crippen molar-refractivity contribution in [3.8, 4) is 0 Å². The summed E-state index contributed by atoms with van der Waals surface area (Å²) in [5, 5.41) is 12.7. The van der Waals surface area contributed by atoms with E-state index in [9.17, 15) is 9.90 Å². The van der Waals surface area contributed by atoms with Gasteiger partial charge >= 0.3 is 0 Å². The van der Waals surface area contributed by atoms with Crippen LogP contribution in [0.5, 0.6) is 0 Å². The largest absolute Gasteiger partial charge is 0.396 e. The van der Waals surface area contributed by atoms with Crippen LogP contribution in [-0.4, -0.2) is 48.1 Å². The van der Waals surface area contributed by atoms with Crippen LogP contribution in [0.25, 0.3) is 0 Å². The van der Waals surface area contributed by atoms with Crippen molar-refractivity contribution in [1.82, 2.24) is 9.88 Å². The summed E-state index contributed by atoms with van der Waals surface area (Å²) in [4.78, 5) is 17.6. The van der Waals surface area contributed by atoms with Crippen LogP contribution in [0.3, 0.4) is 0 Å². The smallest absolute Gasteiger partial charge is 0.254 e. The summed E-state index contributed by atoms with van der Waals surface area (Å²) in [6.07, 6.45) is 6.35. The molecule has 5 heteroatoms. The molecule has 0 bridgehead atoms. The lowest BCUT2D eigenvalue weighted by Crippen LogP contribution is -2.28. The van der Waals surface area contributed by atoms with Crippen LogP contribution in [0.15, 0.2) is 18.3 Å². The van der Waals surface area contributed by atoms with Crippen molar-refractivity contribution in [2.75, 3.05) is 32.6 Å². The Morgan fingerprint density at radius 1 is 1.33 bits per heavy atom. The van der Waals surface area contributed by atoms with Gasteiger partial charge in [0.1, 0.15) is 5.82 Å². The highest BCUT2D eigenvalue weighted by atomic mass is 16.3. The Kier molecular flexibility index (Phi) is 5.56. The summed E-state index contributed by atoms with van der Waals surface area (Å²) in [5.74, 6) is 1.66. The van der Waals surface area contributed by atoms with E-state index >= 15 is 0 Å². The number of carbonyl (C=O) groups excluding carboxylic acids is 1. The van der Waals surface area contributed by atoms with Crippen LogP contribution in [0.4, 0.5) is 5.82 Å². The van der Waals surface area contributed by atoms with E-state index in [-0.39, 0.29) is 12.5 Å². The van der Waals surface area contributed by atoms with Gasteiger partial charge in [-0.3, -0.25) is 4.79 Å². The lowest BCUT2D eigenvalue weighted by atomic mass is 9.79. The van der Waals surface area contributed by atoms with Gasteiger partial charge in [-0.05, 0) is 36.8 Å². The van der Waals surface area contributed by atoms with Gasteiger partial charge in [-0.15, -0.1) is 0 Å². The molecule has 1 saturated carbocycles. The summed E-state index contributed by atoms with van der Waals surface area (Å²) in [5.41, 5.74) is 0.594. The second-order valence-electron chi connectivity index (χ2n) is 6.00. The minimum atomic E-state index is -0.0401. The zero-order chi connectivity index (χ0) is 15.2. The number of aromatic nitrogens is 1. The first kappa shape index (κ1) is 15.8. The van der Waals surface area contributed by atoms with Gasteiger partial charge in [0.2, 0.25) is 0 Å². The molecule has 0 aliphatic heterocycles. The molecule has 2 atom stereocenters. The highest BCUT2D eigenvalue weighted by molar-refractivity contribution is 5.93. The minimum Gasteiger partial charge on any atom is -0.396 e. The maximum absolute atomic E-state index is 11.8. The Hall–Kier alpha value is -1.62. The molecule has 0 radical (unpaired) electrons. The van der Waals surface area contributed by atoms with Crippen LogP contribution in [-0.2, 0) is 0 Å². The molecule has 21 heavy (non-hydrogen) atoms. The molecule has 2 rings (SSSR count). The molecule has 0 spiro atoms. The van der Waals surface area contributed by atoms with Crippen LogP contribution >= 0.6 is 0 Å². The average Bonchev–Trinajstić information content (AvgIpc) is 2.52. The molecule has 1 aromatic rings. The number of anilines is 1. The van der Waals surface area contributed by atoms with Crippen molar-refractivity contribution in [3.05, 3.63) is 23.9 Å². The molecule has 2 unspecified atom stereocenters. The summed E-state index contributed by atoms with van der Waals surface area (Å²) in [7, 11) is 3.46. The van der Waals surface area contributed by atoms with Gasteiger partial charge in [0.05, 0.1) is 5.56 Å². The number of carbonyl (C=O) groups is 1. The fourth-order valence-electron chi connectivity index (χ4n) is 2.91. The van der Waals surface area contributed by atoms with Gasteiger partial charge < -0.3 is 15.3 Å². The summed E-state index contributed by atoms with van der Waals surface area (Å²) in [6, 6.07) is 3.63. The molecule has 1 aliphatic carbocycles. The highest BCUT2D eigenvalue weighted by Gasteiger charge is 2.24. The van der Waals surface area contributed by atoms with Crippen molar-refractivity contribution < 1.29 is 9.90 Å². The van der Waals surface area contributed by atoms with E-state index in [2.05, 4.69) is 10.3 Å². The van der Waals surface area contributed by atoms with E-state index in [0.29, 0.717) is 17.4 Å². The second kappa shape index (κ2) is 7.41. The van der Waals surface area contributed by atoms with E-state index in [1.165, 1.54) is 17.7 Å². The normalized spacial score (nSPS) is 21.9. The Bertz CT molecular complexity index is 459. The van der Waals surface area contributed by atoms with Gasteiger partial charge in [-0.2, -0.15) is 0 Å². The minimum absolute atomic E-state index is 0.0401.